The predicted octanol–water partition coefficient (Wildman–Crippen LogP) is 4.31. The molecule has 0 aromatic heterocycles. The van der Waals surface area contributed by atoms with E-state index in [9.17, 15) is 8.78 Å². The summed E-state index contributed by atoms with van der Waals surface area (Å²) in [4.78, 5) is 0. The van der Waals surface area contributed by atoms with Gasteiger partial charge in [0.15, 0.2) is 11.6 Å². The van der Waals surface area contributed by atoms with Crippen LogP contribution >= 0.6 is 22.6 Å². The lowest BCUT2D eigenvalue weighted by Gasteiger charge is -2.08. The van der Waals surface area contributed by atoms with Gasteiger partial charge < -0.3 is 5.32 Å². The van der Waals surface area contributed by atoms with Gasteiger partial charge in [-0.2, -0.15) is 0 Å². The average Bonchev–Trinajstić information content (AvgIpc) is 2.31. The second kappa shape index (κ2) is 4.78. The van der Waals surface area contributed by atoms with Crippen molar-refractivity contribution in [3.05, 3.63) is 57.7 Å². The highest BCUT2D eigenvalue weighted by atomic mass is 127. The SMILES string of the molecule is Fc1c(I)ccc(Nc2ccccc2)c1F. The first kappa shape index (κ1) is 11.3. The van der Waals surface area contributed by atoms with Crippen LogP contribution in [0.1, 0.15) is 0 Å². The minimum absolute atomic E-state index is 0.143. The Bertz CT molecular complexity index is 500. The number of nitrogens with one attached hydrogen (secondary N) is 1. The van der Waals surface area contributed by atoms with Gasteiger partial charge in [0.25, 0.3) is 0 Å². The van der Waals surface area contributed by atoms with Crippen molar-refractivity contribution in [2.75, 3.05) is 5.32 Å². The quantitative estimate of drug-likeness (QED) is 0.639. The minimum atomic E-state index is -0.851. The Morgan fingerprint density at radius 1 is 0.875 bits per heavy atom. The molecule has 0 fully saturated rings. The van der Waals surface area contributed by atoms with Crippen LogP contribution in [0.15, 0.2) is 42.5 Å². The molecule has 1 nitrogen and oxygen atoms in total. The normalized spacial score (nSPS) is 10.2. The van der Waals surface area contributed by atoms with Gasteiger partial charge in [-0.05, 0) is 46.9 Å². The van der Waals surface area contributed by atoms with E-state index in [2.05, 4.69) is 5.32 Å². The molecule has 0 heterocycles. The van der Waals surface area contributed by atoms with Crippen molar-refractivity contribution in [2.24, 2.45) is 0 Å². The molecule has 4 heteroatoms. The summed E-state index contributed by atoms with van der Waals surface area (Å²) in [5.41, 5.74) is 0.867. The zero-order valence-electron chi connectivity index (χ0n) is 8.18. The Labute approximate surface area is 106 Å². The number of hydrogen-bond donors (Lipinski definition) is 1. The summed E-state index contributed by atoms with van der Waals surface area (Å²) in [7, 11) is 0. The molecule has 0 radical (unpaired) electrons. The van der Waals surface area contributed by atoms with Gasteiger partial charge in [0, 0.05) is 5.69 Å². The van der Waals surface area contributed by atoms with Crippen LogP contribution in [-0.4, -0.2) is 0 Å². The molecule has 0 saturated carbocycles. The van der Waals surface area contributed by atoms with Crippen LogP contribution in [0.25, 0.3) is 0 Å². The molecule has 0 saturated heterocycles. The second-order valence-electron chi connectivity index (χ2n) is 3.21. The summed E-state index contributed by atoms with van der Waals surface area (Å²) in [5.74, 6) is -1.67. The summed E-state index contributed by atoms with van der Waals surface area (Å²) in [5, 5.41) is 2.82. The number of hydrogen-bond acceptors (Lipinski definition) is 1. The van der Waals surface area contributed by atoms with Crippen LogP contribution < -0.4 is 5.32 Å². The van der Waals surface area contributed by atoms with Crippen molar-refractivity contribution in [1.29, 1.82) is 0 Å². The highest BCUT2D eigenvalue weighted by Gasteiger charge is 2.11. The van der Waals surface area contributed by atoms with Gasteiger partial charge in [-0.15, -0.1) is 0 Å². The highest BCUT2D eigenvalue weighted by molar-refractivity contribution is 14.1. The molecular weight excluding hydrogens is 323 g/mol. The third-order valence-electron chi connectivity index (χ3n) is 2.09. The highest BCUT2D eigenvalue weighted by Crippen LogP contribution is 2.24. The maximum Gasteiger partial charge on any atom is 0.183 e. The summed E-state index contributed by atoms with van der Waals surface area (Å²) < 4.78 is 27.0. The van der Waals surface area contributed by atoms with Crippen molar-refractivity contribution in [3.63, 3.8) is 0 Å². The molecule has 0 aliphatic heterocycles. The van der Waals surface area contributed by atoms with Gasteiger partial charge in [0.1, 0.15) is 0 Å². The van der Waals surface area contributed by atoms with Crippen LogP contribution in [0.3, 0.4) is 0 Å². The van der Waals surface area contributed by atoms with Crippen molar-refractivity contribution in [2.45, 2.75) is 0 Å². The van der Waals surface area contributed by atoms with Crippen LogP contribution in [0.2, 0.25) is 0 Å². The topological polar surface area (TPSA) is 12.0 Å². The Balaban J connectivity index is 2.33. The number of anilines is 2. The lowest BCUT2D eigenvalue weighted by molar-refractivity contribution is 0.507. The Morgan fingerprint density at radius 3 is 2.25 bits per heavy atom. The third kappa shape index (κ3) is 2.32. The van der Waals surface area contributed by atoms with Gasteiger partial charge in [0.05, 0.1) is 9.26 Å². The molecule has 2 rings (SSSR count). The van der Waals surface area contributed by atoms with Gasteiger partial charge >= 0.3 is 0 Å². The molecule has 0 amide bonds. The van der Waals surface area contributed by atoms with Crippen LogP contribution in [0.4, 0.5) is 20.2 Å². The predicted molar refractivity (Wildman–Crippen MR) is 68.8 cm³/mol. The fourth-order valence-corrected chi connectivity index (χ4v) is 1.72. The number of para-hydroxylation sites is 1. The standard InChI is InChI=1S/C12H8F2IN/c13-11-9(15)6-7-10(12(11)14)16-8-4-2-1-3-5-8/h1-7,16H. The van der Waals surface area contributed by atoms with E-state index in [4.69, 9.17) is 0 Å². The van der Waals surface area contributed by atoms with Crippen molar-refractivity contribution < 1.29 is 8.78 Å². The number of rotatable bonds is 2. The first-order valence-electron chi connectivity index (χ1n) is 4.64. The first-order chi connectivity index (χ1) is 7.68. The van der Waals surface area contributed by atoms with E-state index in [-0.39, 0.29) is 9.26 Å². The largest absolute Gasteiger partial charge is 0.353 e. The molecule has 2 aromatic rings. The lowest BCUT2D eigenvalue weighted by atomic mass is 10.2. The van der Waals surface area contributed by atoms with Crippen molar-refractivity contribution in [1.82, 2.24) is 0 Å². The van der Waals surface area contributed by atoms with E-state index < -0.39 is 11.6 Å². The Kier molecular flexibility index (Phi) is 3.38. The maximum atomic E-state index is 13.5. The molecule has 0 aliphatic carbocycles. The van der Waals surface area contributed by atoms with Crippen LogP contribution in [-0.2, 0) is 0 Å². The second-order valence-corrected chi connectivity index (χ2v) is 4.38. The molecule has 0 bridgehead atoms. The molecule has 82 valence electrons. The molecule has 1 N–H and O–H groups in total. The third-order valence-corrected chi connectivity index (χ3v) is 2.92. The first-order valence-corrected chi connectivity index (χ1v) is 5.72. The molecule has 16 heavy (non-hydrogen) atoms. The van der Waals surface area contributed by atoms with E-state index >= 15 is 0 Å². The van der Waals surface area contributed by atoms with Gasteiger partial charge in [-0.3, -0.25) is 0 Å². The van der Waals surface area contributed by atoms with E-state index in [1.54, 1.807) is 34.7 Å². The van der Waals surface area contributed by atoms with Crippen LogP contribution in [0.5, 0.6) is 0 Å². The zero-order chi connectivity index (χ0) is 11.5. The average molecular weight is 331 g/mol. The summed E-state index contributed by atoms with van der Waals surface area (Å²) in [6.07, 6.45) is 0. The van der Waals surface area contributed by atoms with Gasteiger partial charge in [-0.1, -0.05) is 18.2 Å². The van der Waals surface area contributed by atoms with Gasteiger partial charge in [-0.25, -0.2) is 8.78 Å². The minimum Gasteiger partial charge on any atom is -0.353 e. The van der Waals surface area contributed by atoms with Gasteiger partial charge in [0.2, 0.25) is 0 Å². The van der Waals surface area contributed by atoms with Crippen LogP contribution in [0, 0.1) is 15.2 Å². The van der Waals surface area contributed by atoms with Crippen molar-refractivity contribution in [3.8, 4) is 0 Å². The fraction of sp³-hybridized carbons (Fsp3) is 0. The summed E-state index contributed by atoms with van der Waals surface area (Å²) in [6.45, 7) is 0. The molecule has 0 unspecified atom stereocenters. The smallest absolute Gasteiger partial charge is 0.183 e. The summed E-state index contributed by atoms with van der Waals surface area (Å²) >= 11 is 1.75. The van der Waals surface area contributed by atoms with E-state index in [1.165, 1.54) is 12.1 Å². The lowest BCUT2D eigenvalue weighted by Crippen LogP contribution is -1.97. The molecule has 0 spiro atoms. The monoisotopic (exact) mass is 331 g/mol. The number of benzene rings is 2. The fourth-order valence-electron chi connectivity index (χ4n) is 1.30. The van der Waals surface area contributed by atoms with Crippen molar-refractivity contribution >= 4 is 34.0 Å². The molecule has 0 aliphatic rings. The zero-order valence-corrected chi connectivity index (χ0v) is 10.3. The molecule has 2 aromatic carbocycles. The maximum absolute atomic E-state index is 13.5. The Hall–Kier alpha value is -1.17. The summed E-state index contributed by atoms with van der Waals surface area (Å²) in [6, 6.07) is 12.1. The Morgan fingerprint density at radius 2 is 1.56 bits per heavy atom. The van der Waals surface area contributed by atoms with E-state index in [0.717, 1.165) is 5.69 Å². The van der Waals surface area contributed by atoms with E-state index in [1.807, 2.05) is 18.2 Å². The molecular formula is C12H8F2IN. The number of halogens is 3. The molecule has 0 atom stereocenters. The van der Waals surface area contributed by atoms with E-state index in [0.29, 0.717) is 0 Å².